The van der Waals surface area contributed by atoms with Gasteiger partial charge in [-0.25, -0.2) is 14.7 Å². The van der Waals surface area contributed by atoms with Crippen molar-refractivity contribution in [2.45, 2.75) is 32.6 Å². The number of amides is 4. The maximum atomic E-state index is 12.6. The third-order valence-electron chi connectivity index (χ3n) is 5.34. The van der Waals surface area contributed by atoms with Crippen molar-refractivity contribution in [3.05, 3.63) is 29.3 Å². The minimum atomic E-state index is -0.696. The third-order valence-corrected chi connectivity index (χ3v) is 6.54. The maximum Gasteiger partial charge on any atom is 0.338 e. The van der Waals surface area contributed by atoms with Crippen LogP contribution in [0.3, 0.4) is 0 Å². The van der Waals surface area contributed by atoms with Crippen molar-refractivity contribution in [2.75, 3.05) is 26.3 Å². The maximum absolute atomic E-state index is 12.6. The first-order valence-electron chi connectivity index (χ1n) is 9.80. The predicted octanol–water partition coefficient (Wildman–Crippen LogP) is 1.46. The molecule has 2 saturated heterocycles. The molecule has 2 atom stereocenters. The molecule has 2 aliphatic heterocycles. The van der Waals surface area contributed by atoms with Crippen molar-refractivity contribution < 1.29 is 19.3 Å². The molecule has 0 radical (unpaired) electrons. The highest BCUT2D eigenvalue weighted by atomic mass is 32.1. The van der Waals surface area contributed by atoms with Gasteiger partial charge in [-0.3, -0.25) is 14.5 Å². The van der Waals surface area contributed by atoms with E-state index in [0.717, 1.165) is 51.2 Å². The van der Waals surface area contributed by atoms with Crippen LogP contribution in [0.15, 0.2) is 24.3 Å². The number of rotatable bonds is 5. The summed E-state index contributed by atoms with van der Waals surface area (Å²) in [6, 6.07) is 7.65. The lowest BCUT2D eigenvalue weighted by molar-refractivity contribution is -0.913. The normalized spacial score (nSPS) is 23.5. The SMILES string of the molecule is CC(C)CN1C(=O)C(=O)N(C[NH+]2CCC[C@@H](c3nc4ccccc4s3)C2)C1=O. The van der Waals surface area contributed by atoms with E-state index in [1.807, 2.05) is 32.0 Å². The predicted molar refractivity (Wildman–Crippen MR) is 106 cm³/mol. The van der Waals surface area contributed by atoms with E-state index in [-0.39, 0.29) is 19.1 Å². The van der Waals surface area contributed by atoms with Gasteiger partial charge in [-0.1, -0.05) is 26.0 Å². The van der Waals surface area contributed by atoms with Crippen molar-refractivity contribution in [1.82, 2.24) is 14.8 Å². The van der Waals surface area contributed by atoms with Gasteiger partial charge in [0.25, 0.3) is 0 Å². The first kappa shape index (κ1) is 19.0. The molecule has 1 unspecified atom stereocenters. The van der Waals surface area contributed by atoms with Crippen molar-refractivity contribution in [1.29, 1.82) is 0 Å². The van der Waals surface area contributed by atoms with Crippen LogP contribution in [0.5, 0.6) is 0 Å². The van der Waals surface area contributed by atoms with E-state index in [0.29, 0.717) is 5.92 Å². The number of quaternary nitrogens is 1. The van der Waals surface area contributed by atoms with E-state index in [4.69, 9.17) is 4.98 Å². The zero-order valence-electron chi connectivity index (χ0n) is 16.2. The fourth-order valence-corrected chi connectivity index (χ4v) is 5.11. The lowest BCUT2D eigenvalue weighted by atomic mass is 9.99. The van der Waals surface area contributed by atoms with Crippen LogP contribution in [0.1, 0.15) is 37.6 Å². The third kappa shape index (κ3) is 3.54. The topological polar surface area (TPSA) is 75.0 Å². The van der Waals surface area contributed by atoms with Gasteiger partial charge in [0.05, 0.1) is 29.2 Å². The van der Waals surface area contributed by atoms with Gasteiger partial charge in [0, 0.05) is 6.54 Å². The Labute approximate surface area is 167 Å². The Balaban J connectivity index is 1.45. The molecular formula is C20H25N4O3S+. The Hall–Kier alpha value is -2.32. The van der Waals surface area contributed by atoms with Crippen LogP contribution < -0.4 is 4.90 Å². The molecule has 7 nitrogen and oxygen atoms in total. The molecule has 8 heteroatoms. The van der Waals surface area contributed by atoms with Crippen molar-refractivity contribution in [2.24, 2.45) is 5.92 Å². The van der Waals surface area contributed by atoms with E-state index < -0.39 is 17.8 Å². The first-order chi connectivity index (χ1) is 13.4. The molecule has 1 N–H and O–H groups in total. The molecule has 2 aromatic rings. The number of hydrogen-bond acceptors (Lipinski definition) is 5. The molecule has 0 aliphatic carbocycles. The van der Waals surface area contributed by atoms with E-state index in [1.54, 1.807) is 11.3 Å². The molecule has 2 aliphatic rings. The molecule has 148 valence electrons. The van der Waals surface area contributed by atoms with Gasteiger partial charge in [0.15, 0.2) is 6.67 Å². The number of hydrogen-bond donors (Lipinski definition) is 1. The lowest BCUT2D eigenvalue weighted by Gasteiger charge is -2.30. The van der Waals surface area contributed by atoms with E-state index in [9.17, 15) is 14.4 Å². The standard InChI is InChI=1S/C20H24N4O3S/c1-13(2)10-23-18(25)19(26)24(20(23)27)12-22-9-5-6-14(11-22)17-21-15-7-3-4-8-16(15)28-17/h3-4,7-8,13-14H,5-6,9-12H2,1-2H3/p+1/t14-/m1/s1. The number of urea groups is 1. The zero-order chi connectivity index (χ0) is 19.8. The fourth-order valence-electron chi connectivity index (χ4n) is 4.01. The minimum absolute atomic E-state index is 0.131. The zero-order valence-corrected chi connectivity index (χ0v) is 17.0. The second kappa shape index (κ2) is 7.60. The summed E-state index contributed by atoms with van der Waals surface area (Å²) in [5.41, 5.74) is 1.02. The highest BCUT2D eigenvalue weighted by molar-refractivity contribution is 7.18. The average Bonchev–Trinajstić information content (AvgIpc) is 3.20. The molecule has 0 saturated carbocycles. The van der Waals surface area contributed by atoms with Crippen LogP contribution in [-0.2, 0) is 9.59 Å². The van der Waals surface area contributed by atoms with Gasteiger partial charge in [-0.05, 0) is 30.9 Å². The van der Waals surface area contributed by atoms with Crippen LogP contribution in [0.4, 0.5) is 4.79 Å². The van der Waals surface area contributed by atoms with Gasteiger partial charge in [-0.2, -0.15) is 0 Å². The van der Waals surface area contributed by atoms with Crippen molar-refractivity contribution in [3.8, 4) is 0 Å². The van der Waals surface area contributed by atoms with E-state index >= 15 is 0 Å². The lowest BCUT2D eigenvalue weighted by Crippen LogP contribution is -3.15. The second-order valence-corrected chi connectivity index (χ2v) is 9.11. The number of imide groups is 2. The van der Waals surface area contributed by atoms with Crippen molar-refractivity contribution in [3.63, 3.8) is 0 Å². The fraction of sp³-hybridized carbons (Fsp3) is 0.500. The number of carbonyl (C=O) groups excluding carboxylic acids is 3. The van der Waals surface area contributed by atoms with Gasteiger partial charge < -0.3 is 4.90 Å². The van der Waals surface area contributed by atoms with E-state index in [1.165, 1.54) is 4.70 Å². The number of para-hydroxylation sites is 1. The Morgan fingerprint density at radius 3 is 2.68 bits per heavy atom. The summed E-state index contributed by atoms with van der Waals surface area (Å²) in [6.45, 7) is 6.08. The molecule has 1 aromatic carbocycles. The number of piperidine rings is 1. The molecule has 4 amide bonds. The van der Waals surface area contributed by atoms with Gasteiger partial charge in [-0.15, -0.1) is 11.3 Å². The Morgan fingerprint density at radius 1 is 1.18 bits per heavy atom. The molecule has 0 bridgehead atoms. The largest absolute Gasteiger partial charge is 0.338 e. The summed E-state index contributed by atoms with van der Waals surface area (Å²) in [4.78, 5) is 45.3. The second-order valence-electron chi connectivity index (χ2n) is 8.05. The monoisotopic (exact) mass is 401 g/mol. The Bertz CT molecular complexity index is 892. The number of nitrogens with one attached hydrogen (secondary N) is 1. The summed E-state index contributed by atoms with van der Waals surface area (Å²) < 4.78 is 1.18. The van der Waals surface area contributed by atoms with Crippen LogP contribution >= 0.6 is 11.3 Å². The summed E-state index contributed by atoms with van der Waals surface area (Å²) in [5.74, 6) is -0.944. The number of carbonyl (C=O) groups is 3. The highest BCUT2D eigenvalue weighted by Crippen LogP contribution is 2.30. The average molecular weight is 402 g/mol. The van der Waals surface area contributed by atoms with Crippen molar-refractivity contribution >= 4 is 39.4 Å². The minimum Gasteiger partial charge on any atom is -0.317 e. The van der Waals surface area contributed by atoms with Gasteiger partial charge in [0.2, 0.25) is 0 Å². The molecule has 3 heterocycles. The number of likely N-dealkylation sites (tertiary alicyclic amines) is 1. The van der Waals surface area contributed by atoms with Gasteiger partial charge in [0.1, 0.15) is 5.01 Å². The summed E-state index contributed by atoms with van der Waals surface area (Å²) >= 11 is 1.72. The molecule has 0 spiro atoms. The number of thiazole rings is 1. The Morgan fingerprint density at radius 2 is 1.93 bits per heavy atom. The number of nitrogens with zero attached hydrogens (tertiary/aromatic N) is 3. The molecule has 2 fully saturated rings. The summed E-state index contributed by atoms with van der Waals surface area (Å²) in [7, 11) is 0. The van der Waals surface area contributed by atoms with Gasteiger partial charge >= 0.3 is 17.8 Å². The van der Waals surface area contributed by atoms with Crippen LogP contribution in [0.2, 0.25) is 0 Å². The van der Waals surface area contributed by atoms with Crippen LogP contribution in [0, 0.1) is 5.92 Å². The van der Waals surface area contributed by atoms with E-state index in [2.05, 4.69) is 6.07 Å². The highest BCUT2D eigenvalue weighted by Gasteiger charge is 2.46. The smallest absolute Gasteiger partial charge is 0.317 e. The first-order valence-corrected chi connectivity index (χ1v) is 10.6. The molecular weight excluding hydrogens is 376 g/mol. The quantitative estimate of drug-likeness (QED) is 0.608. The van der Waals surface area contributed by atoms with Crippen LogP contribution in [0.25, 0.3) is 10.2 Å². The number of fused-ring (bicyclic) bond motifs is 1. The summed E-state index contributed by atoms with van der Waals surface area (Å²) in [5, 5.41) is 1.12. The number of benzene rings is 1. The molecule has 1 aromatic heterocycles. The Kier molecular flexibility index (Phi) is 5.16. The summed E-state index contributed by atoms with van der Waals surface area (Å²) in [6.07, 6.45) is 2.07. The molecule has 28 heavy (non-hydrogen) atoms. The number of aromatic nitrogens is 1. The van der Waals surface area contributed by atoms with Crippen LogP contribution in [-0.4, -0.2) is 58.9 Å². The molecule has 4 rings (SSSR count).